The van der Waals surface area contributed by atoms with Crippen LogP contribution >= 0.6 is 15.6 Å². The molecule has 0 aliphatic carbocycles. The molecule has 0 radical (unpaired) electrons. The lowest BCUT2D eigenvalue weighted by Crippen LogP contribution is -2.01. The van der Waals surface area contributed by atoms with Gasteiger partial charge in [0.2, 0.25) is 0 Å². The summed E-state index contributed by atoms with van der Waals surface area (Å²) >= 11 is 0. The van der Waals surface area contributed by atoms with Crippen LogP contribution in [-0.2, 0) is 22.5 Å². The second-order valence-electron chi connectivity index (χ2n) is 10.5. The fourth-order valence-electron chi connectivity index (χ4n) is 3.43. The lowest BCUT2D eigenvalue weighted by molar-refractivity contribution is 0.159. The fraction of sp³-hybridized carbons (Fsp3) is 0.600. The molecule has 0 aliphatic rings. The highest BCUT2D eigenvalue weighted by Crippen LogP contribution is 2.61. The van der Waals surface area contributed by atoms with Gasteiger partial charge in [-0.15, -0.1) is 0 Å². The highest BCUT2D eigenvalue weighted by molar-refractivity contribution is 7.61. The monoisotopic (exact) mass is 586 g/mol. The van der Waals surface area contributed by atoms with Crippen molar-refractivity contribution in [1.82, 2.24) is 0 Å². The van der Waals surface area contributed by atoms with E-state index in [9.17, 15) is 18.9 Å². The van der Waals surface area contributed by atoms with Gasteiger partial charge in [0.05, 0.1) is 13.2 Å². The Morgan fingerprint density at radius 1 is 0.538 bits per heavy atom. The van der Waals surface area contributed by atoms with Crippen LogP contribution in [0.2, 0.25) is 0 Å². The molecule has 0 bridgehead atoms. The second-order valence-corrected chi connectivity index (χ2v) is 13.6. The maximum Gasteiger partial charge on any atom is 0.484 e. The van der Waals surface area contributed by atoms with E-state index in [1.807, 2.05) is 13.8 Å². The number of rotatable bonds is 20. The van der Waals surface area contributed by atoms with Crippen LogP contribution in [0.5, 0.6) is 0 Å². The van der Waals surface area contributed by atoms with Crippen LogP contribution < -0.4 is 0 Å². The first-order chi connectivity index (χ1) is 18.1. The van der Waals surface area contributed by atoms with E-state index >= 15 is 0 Å². The molecule has 0 spiro atoms. The summed E-state index contributed by atoms with van der Waals surface area (Å²) in [5, 5.41) is 0. The van der Waals surface area contributed by atoms with Crippen molar-refractivity contribution in [1.29, 1.82) is 0 Å². The van der Waals surface area contributed by atoms with Crippen molar-refractivity contribution >= 4 is 15.6 Å². The Bertz CT molecular complexity index is 936. The molecule has 0 amide bonds. The van der Waals surface area contributed by atoms with Gasteiger partial charge in [0, 0.05) is 0 Å². The summed E-state index contributed by atoms with van der Waals surface area (Å²) in [5.41, 5.74) is 7.32. The predicted molar refractivity (Wildman–Crippen MR) is 163 cm³/mol. The van der Waals surface area contributed by atoms with E-state index in [2.05, 4.69) is 70.2 Å². The van der Waals surface area contributed by atoms with Gasteiger partial charge in [-0.25, -0.2) is 9.13 Å². The Hall–Kier alpha value is -1.30. The van der Waals surface area contributed by atoms with Crippen LogP contribution in [0.1, 0.15) is 107 Å². The Morgan fingerprint density at radius 3 is 1.15 bits per heavy atom. The van der Waals surface area contributed by atoms with Crippen LogP contribution in [0.15, 0.2) is 69.9 Å². The number of hydrogen-bond donors (Lipinski definition) is 2. The number of phosphoric acid groups is 2. The molecule has 0 fully saturated rings. The average Bonchev–Trinajstić information content (AvgIpc) is 2.77. The molecule has 2 N–H and O–H groups in total. The first kappa shape index (κ1) is 37.7. The molecule has 0 rings (SSSR count). The zero-order valence-electron chi connectivity index (χ0n) is 25.4. The highest BCUT2D eigenvalue weighted by Gasteiger charge is 2.35. The van der Waals surface area contributed by atoms with Crippen molar-refractivity contribution in [3.8, 4) is 0 Å². The van der Waals surface area contributed by atoms with Gasteiger partial charge in [-0.3, -0.25) is 9.05 Å². The van der Waals surface area contributed by atoms with Crippen molar-refractivity contribution in [2.24, 2.45) is 0 Å². The molecule has 9 heteroatoms. The standard InChI is InChI=1S/C30H52O7P2/c1-25(2)13-9-15-27(5)17-11-19-29(7)21-23-35-39(34,37-38(31,32)33)36-24-22-30(8)20-12-18-28(6)16-10-14-26(3)4/h13-14,17-18,21-22H,9-12,15-16,19-20,23-24H2,1-8H3,(H2,31,32,33). The first-order valence-electron chi connectivity index (χ1n) is 13.7. The van der Waals surface area contributed by atoms with E-state index in [0.29, 0.717) is 0 Å². The quantitative estimate of drug-likeness (QED) is 0.108. The summed E-state index contributed by atoms with van der Waals surface area (Å²) in [7, 11) is -9.55. The lowest BCUT2D eigenvalue weighted by atomic mass is 10.1. The molecule has 7 nitrogen and oxygen atoms in total. The van der Waals surface area contributed by atoms with Crippen LogP contribution in [0.4, 0.5) is 0 Å². The van der Waals surface area contributed by atoms with Crippen LogP contribution in [0.25, 0.3) is 0 Å². The molecular weight excluding hydrogens is 534 g/mol. The van der Waals surface area contributed by atoms with E-state index in [0.717, 1.165) is 62.5 Å². The van der Waals surface area contributed by atoms with Crippen LogP contribution in [0.3, 0.4) is 0 Å². The summed E-state index contributed by atoms with van der Waals surface area (Å²) in [4.78, 5) is 18.4. The molecule has 0 saturated heterocycles. The third-order valence-electron chi connectivity index (χ3n) is 5.78. The van der Waals surface area contributed by atoms with E-state index < -0.39 is 15.6 Å². The van der Waals surface area contributed by atoms with Gasteiger partial charge in [-0.1, -0.05) is 69.9 Å². The zero-order chi connectivity index (χ0) is 29.9. The smallest absolute Gasteiger partial charge is 0.302 e. The summed E-state index contributed by atoms with van der Waals surface area (Å²) < 4.78 is 39.0. The van der Waals surface area contributed by atoms with Crippen molar-refractivity contribution in [2.75, 3.05) is 13.2 Å². The van der Waals surface area contributed by atoms with E-state index in [-0.39, 0.29) is 13.2 Å². The van der Waals surface area contributed by atoms with Gasteiger partial charge >= 0.3 is 15.6 Å². The van der Waals surface area contributed by atoms with Gasteiger partial charge in [-0.2, -0.15) is 4.31 Å². The molecule has 0 aromatic rings. The van der Waals surface area contributed by atoms with E-state index in [1.165, 1.54) is 22.3 Å². The molecule has 0 aromatic carbocycles. The van der Waals surface area contributed by atoms with Gasteiger partial charge in [0.25, 0.3) is 0 Å². The minimum atomic E-state index is -5.08. The van der Waals surface area contributed by atoms with Crippen molar-refractivity contribution < 1.29 is 32.3 Å². The van der Waals surface area contributed by atoms with Gasteiger partial charge in [-0.05, 0) is 107 Å². The van der Waals surface area contributed by atoms with E-state index in [4.69, 9.17) is 9.05 Å². The summed E-state index contributed by atoms with van der Waals surface area (Å²) in [6, 6.07) is 0. The molecule has 0 saturated carbocycles. The summed E-state index contributed by atoms with van der Waals surface area (Å²) in [6.07, 6.45) is 19.7. The zero-order valence-corrected chi connectivity index (χ0v) is 27.2. The van der Waals surface area contributed by atoms with Gasteiger partial charge < -0.3 is 9.79 Å². The van der Waals surface area contributed by atoms with Gasteiger partial charge in [0.1, 0.15) is 0 Å². The first-order valence-corrected chi connectivity index (χ1v) is 16.7. The molecule has 0 unspecified atom stereocenters. The summed E-state index contributed by atoms with van der Waals surface area (Å²) in [5.74, 6) is 0. The minimum Gasteiger partial charge on any atom is -0.302 e. The van der Waals surface area contributed by atoms with Crippen molar-refractivity contribution in [2.45, 2.75) is 107 Å². The topological polar surface area (TPSA) is 102 Å². The molecule has 0 aliphatic heterocycles. The third kappa shape index (κ3) is 24.2. The Morgan fingerprint density at radius 2 is 0.846 bits per heavy atom. The average molecular weight is 587 g/mol. The van der Waals surface area contributed by atoms with Crippen LogP contribution in [-0.4, -0.2) is 23.0 Å². The molecule has 0 heterocycles. The van der Waals surface area contributed by atoms with Crippen molar-refractivity contribution in [3.05, 3.63) is 69.9 Å². The maximum absolute atomic E-state index is 12.8. The molecule has 224 valence electrons. The second kappa shape index (κ2) is 20.6. The SMILES string of the molecule is CC(C)=CCCC(C)=CCCC(C)=CCOP(=O)(OCC=C(C)CCC=C(C)CCC=C(C)C)OP(=O)(O)O. The number of allylic oxidation sites excluding steroid dienone is 10. The largest absolute Gasteiger partial charge is 0.484 e. The Kier molecular flexibility index (Phi) is 19.9. The molecule has 0 atom stereocenters. The van der Waals surface area contributed by atoms with Crippen LogP contribution in [0, 0.1) is 0 Å². The van der Waals surface area contributed by atoms with Crippen molar-refractivity contribution in [3.63, 3.8) is 0 Å². The predicted octanol–water partition coefficient (Wildman–Crippen LogP) is 10.1. The molecule has 39 heavy (non-hydrogen) atoms. The highest BCUT2D eigenvalue weighted by atomic mass is 31.3. The Labute approximate surface area is 237 Å². The molecular formula is C30H52O7P2. The fourth-order valence-corrected chi connectivity index (χ4v) is 5.44. The van der Waals surface area contributed by atoms with Gasteiger partial charge in [0.15, 0.2) is 0 Å². The maximum atomic E-state index is 12.8. The Balaban J connectivity index is 4.79. The number of phosphoric ester groups is 1. The minimum absolute atomic E-state index is 0.147. The lowest BCUT2D eigenvalue weighted by Gasteiger charge is -2.17. The molecule has 0 aromatic heterocycles. The number of hydrogen-bond acceptors (Lipinski definition) is 5. The normalized spacial score (nSPS) is 15.2. The third-order valence-corrected chi connectivity index (χ3v) is 8.36. The summed E-state index contributed by atoms with van der Waals surface area (Å²) in [6.45, 7) is 16.2. The van der Waals surface area contributed by atoms with E-state index in [1.54, 1.807) is 12.2 Å².